The topological polar surface area (TPSA) is 66.9 Å². The number of hydrogen-bond acceptors (Lipinski definition) is 4. The number of anilines is 1. The fraction of sp³-hybridized carbons (Fsp3) is 0.222. The number of rotatable bonds is 7. The lowest BCUT2D eigenvalue weighted by molar-refractivity contribution is -0.143. The van der Waals surface area contributed by atoms with Gasteiger partial charge in [0.15, 0.2) is 0 Å². The quantitative estimate of drug-likeness (QED) is 0.303. The first-order valence-electron chi connectivity index (χ1n) is 11.2. The van der Waals surface area contributed by atoms with E-state index in [0.29, 0.717) is 11.3 Å². The second kappa shape index (κ2) is 10.8. The van der Waals surface area contributed by atoms with Crippen LogP contribution in [0.2, 0.25) is 0 Å². The number of carbonyl (C=O) groups is 3. The average molecular weight is 568 g/mol. The smallest absolute Gasteiger partial charge is 0.307 e. The Morgan fingerprint density at radius 2 is 1.59 bits per heavy atom. The van der Waals surface area contributed by atoms with Crippen molar-refractivity contribution in [1.82, 2.24) is 4.90 Å². The normalized spacial score (nSPS) is 13.6. The summed E-state index contributed by atoms with van der Waals surface area (Å²) in [7, 11) is 0. The van der Waals surface area contributed by atoms with Gasteiger partial charge in [0.1, 0.15) is 6.54 Å². The maximum absolute atomic E-state index is 13.8. The number of hydrogen-bond donors (Lipinski definition) is 0. The molecule has 1 heterocycles. The van der Waals surface area contributed by atoms with Gasteiger partial charge in [0, 0.05) is 10.1 Å². The summed E-state index contributed by atoms with van der Waals surface area (Å²) in [5.74, 6) is -0.874. The molecular weight excluding hydrogens is 543 g/mol. The van der Waals surface area contributed by atoms with Gasteiger partial charge >= 0.3 is 5.97 Å². The molecule has 1 aliphatic rings. The third-order valence-corrected chi connectivity index (χ3v) is 6.38. The summed E-state index contributed by atoms with van der Waals surface area (Å²) >= 11 is 2.16. The lowest BCUT2D eigenvalue weighted by Crippen LogP contribution is -2.42. The summed E-state index contributed by atoms with van der Waals surface area (Å²) in [6, 6.07) is 24.7. The third kappa shape index (κ3) is 5.14. The predicted molar refractivity (Wildman–Crippen MR) is 139 cm³/mol. The number of amides is 2. The van der Waals surface area contributed by atoms with Crippen LogP contribution in [0.3, 0.4) is 0 Å². The van der Waals surface area contributed by atoms with E-state index >= 15 is 0 Å². The molecule has 0 bridgehead atoms. The van der Waals surface area contributed by atoms with Gasteiger partial charge < -0.3 is 9.64 Å². The molecule has 0 N–H and O–H groups in total. The first-order valence-corrected chi connectivity index (χ1v) is 12.2. The highest BCUT2D eigenvalue weighted by Gasteiger charge is 2.36. The molecule has 0 radical (unpaired) electrons. The first-order chi connectivity index (χ1) is 16.5. The Morgan fingerprint density at radius 1 is 0.971 bits per heavy atom. The second-order valence-corrected chi connectivity index (χ2v) is 9.18. The fourth-order valence-corrected chi connectivity index (χ4v) is 4.68. The van der Waals surface area contributed by atoms with Crippen LogP contribution in [-0.2, 0) is 14.3 Å². The van der Waals surface area contributed by atoms with Crippen LogP contribution >= 0.6 is 22.6 Å². The van der Waals surface area contributed by atoms with Crippen molar-refractivity contribution in [1.29, 1.82) is 0 Å². The molecule has 6 nitrogen and oxygen atoms in total. The number of carbonyl (C=O) groups excluding carboxylic acids is 3. The van der Waals surface area contributed by atoms with Crippen LogP contribution in [0.25, 0.3) is 0 Å². The lowest BCUT2D eigenvalue weighted by Gasteiger charge is -2.32. The van der Waals surface area contributed by atoms with Gasteiger partial charge in [0.05, 0.1) is 30.3 Å². The van der Waals surface area contributed by atoms with Crippen LogP contribution in [0.1, 0.15) is 40.9 Å². The van der Waals surface area contributed by atoms with Crippen molar-refractivity contribution in [3.63, 3.8) is 0 Å². The zero-order chi connectivity index (χ0) is 24.1. The molecule has 0 aromatic heterocycles. The molecule has 1 aliphatic heterocycles. The number of benzene rings is 3. The Bertz CT molecular complexity index is 1140. The number of halogens is 1. The summed E-state index contributed by atoms with van der Waals surface area (Å²) in [6.07, 6.45) is 0.0346. The monoisotopic (exact) mass is 568 g/mol. The Hall–Kier alpha value is -3.20. The van der Waals surface area contributed by atoms with Crippen molar-refractivity contribution in [2.75, 3.05) is 24.6 Å². The molecule has 4 rings (SSSR count). The van der Waals surface area contributed by atoms with Gasteiger partial charge in [0.25, 0.3) is 5.91 Å². The molecule has 174 valence electrons. The summed E-state index contributed by atoms with van der Waals surface area (Å²) < 4.78 is 5.91. The summed E-state index contributed by atoms with van der Waals surface area (Å²) in [5.41, 5.74) is 2.89. The van der Waals surface area contributed by atoms with Crippen molar-refractivity contribution in [3.05, 3.63) is 99.1 Å². The second-order valence-electron chi connectivity index (χ2n) is 7.93. The number of fused-ring (bicyclic) bond motifs is 1. The molecule has 0 fully saturated rings. The van der Waals surface area contributed by atoms with E-state index in [4.69, 9.17) is 4.74 Å². The van der Waals surface area contributed by atoms with E-state index < -0.39 is 12.0 Å². The molecule has 0 aliphatic carbocycles. The van der Waals surface area contributed by atoms with E-state index in [2.05, 4.69) is 22.6 Å². The van der Waals surface area contributed by atoms with Crippen LogP contribution in [0, 0.1) is 3.57 Å². The summed E-state index contributed by atoms with van der Waals surface area (Å²) in [5, 5.41) is 0. The lowest BCUT2D eigenvalue weighted by atomic mass is 9.95. The molecule has 0 spiro atoms. The molecule has 0 unspecified atom stereocenters. The minimum Gasteiger partial charge on any atom is -0.466 e. The van der Waals surface area contributed by atoms with E-state index in [-0.39, 0.29) is 37.9 Å². The first kappa shape index (κ1) is 23.9. The van der Waals surface area contributed by atoms with E-state index in [0.717, 1.165) is 14.7 Å². The van der Waals surface area contributed by atoms with Gasteiger partial charge in [-0.1, -0.05) is 60.7 Å². The van der Waals surface area contributed by atoms with E-state index in [1.54, 1.807) is 17.9 Å². The number of ether oxygens (including phenoxy) is 1. The molecule has 0 atom stereocenters. The van der Waals surface area contributed by atoms with Gasteiger partial charge in [-0.05, 0) is 58.8 Å². The van der Waals surface area contributed by atoms with Crippen LogP contribution in [-0.4, -0.2) is 42.4 Å². The van der Waals surface area contributed by atoms with Crippen LogP contribution < -0.4 is 4.90 Å². The fourth-order valence-electron chi connectivity index (χ4n) is 4.19. The molecule has 2 amide bonds. The van der Waals surface area contributed by atoms with Crippen LogP contribution in [0.4, 0.5) is 5.69 Å². The van der Waals surface area contributed by atoms with Gasteiger partial charge in [-0.2, -0.15) is 0 Å². The van der Waals surface area contributed by atoms with Crippen molar-refractivity contribution in [3.8, 4) is 0 Å². The Morgan fingerprint density at radius 3 is 2.18 bits per heavy atom. The van der Waals surface area contributed by atoms with Crippen molar-refractivity contribution in [2.24, 2.45) is 0 Å². The van der Waals surface area contributed by atoms with Gasteiger partial charge in [-0.3, -0.25) is 19.3 Å². The maximum atomic E-state index is 13.8. The predicted octanol–water partition coefficient (Wildman–Crippen LogP) is 4.82. The van der Waals surface area contributed by atoms with Crippen LogP contribution in [0.15, 0.2) is 78.9 Å². The van der Waals surface area contributed by atoms with Crippen molar-refractivity contribution < 1.29 is 19.1 Å². The van der Waals surface area contributed by atoms with Gasteiger partial charge in [0.2, 0.25) is 5.91 Å². The summed E-state index contributed by atoms with van der Waals surface area (Å²) in [4.78, 5) is 42.4. The third-order valence-electron chi connectivity index (χ3n) is 5.71. The maximum Gasteiger partial charge on any atom is 0.307 e. The molecular formula is C27H25IN2O4. The van der Waals surface area contributed by atoms with E-state index in [1.807, 2.05) is 72.8 Å². The van der Waals surface area contributed by atoms with Crippen molar-refractivity contribution in [2.45, 2.75) is 19.4 Å². The highest BCUT2D eigenvalue weighted by molar-refractivity contribution is 14.1. The molecule has 34 heavy (non-hydrogen) atoms. The Balaban J connectivity index is 1.81. The minimum absolute atomic E-state index is 0.0346. The molecule has 3 aromatic carbocycles. The average Bonchev–Trinajstić information content (AvgIpc) is 2.95. The number of esters is 1. The number of nitrogens with zero attached hydrogens (tertiary/aromatic N) is 2. The molecule has 7 heteroatoms. The highest BCUT2D eigenvalue weighted by atomic mass is 127. The largest absolute Gasteiger partial charge is 0.466 e. The SMILES string of the molecule is CCOC(=O)CCN1CC(=O)N(C(c2ccccc2)c2ccccc2)c2ccc(I)cc2C1=O. The molecule has 0 saturated carbocycles. The van der Waals surface area contributed by atoms with Gasteiger partial charge in [-0.15, -0.1) is 0 Å². The minimum atomic E-state index is -0.411. The van der Waals surface area contributed by atoms with Crippen molar-refractivity contribution >= 4 is 46.1 Å². The standard InChI is InChI=1S/C27H25IN2O4/c1-2-34-25(32)15-16-29-18-24(31)30(23-14-13-21(28)17-22(23)27(29)33)26(19-9-5-3-6-10-19)20-11-7-4-8-12-20/h3-14,17,26H,2,15-16,18H2,1H3. The van der Waals surface area contributed by atoms with E-state index in [9.17, 15) is 14.4 Å². The Kier molecular flexibility index (Phi) is 7.62. The highest BCUT2D eigenvalue weighted by Crippen LogP contribution is 2.37. The van der Waals surface area contributed by atoms with Crippen LogP contribution in [0.5, 0.6) is 0 Å². The Labute approximate surface area is 212 Å². The zero-order valence-electron chi connectivity index (χ0n) is 18.8. The summed E-state index contributed by atoms with van der Waals surface area (Å²) in [6.45, 7) is 2.00. The van der Waals surface area contributed by atoms with Gasteiger partial charge in [-0.25, -0.2) is 0 Å². The molecule has 0 saturated heterocycles. The zero-order valence-corrected chi connectivity index (χ0v) is 21.0. The molecule has 3 aromatic rings. The van der Waals surface area contributed by atoms with E-state index in [1.165, 1.54) is 4.90 Å².